The Hall–Kier alpha value is -1.89. The molecule has 1 fully saturated rings. The van der Waals surface area contributed by atoms with E-state index in [9.17, 15) is 9.59 Å². The molecule has 0 saturated carbocycles. The fourth-order valence-corrected chi connectivity index (χ4v) is 2.33. The van der Waals surface area contributed by atoms with E-state index in [1.807, 2.05) is 6.92 Å². The van der Waals surface area contributed by atoms with Gasteiger partial charge in [-0.3, -0.25) is 14.9 Å². The van der Waals surface area contributed by atoms with Crippen LogP contribution in [0.15, 0.2) is 6.33 Å². The highest BCUT2D eigenvalue weighted by Gasteiger charge is 2.29. The summed E-state index contributed by atoms with van der Waals surface area (Å²) in [5.74, 6) is -0.557. The Kier molecular flexibility index (Phi) is 4.16. The van der Waals surface area contributed by atoms with Gasteiger partial charge in [0.05, 0.1) is 12.5 Å². The van der Waals surface area contributed by atoms with Crippen molar-refractivity contribution in [3.8, 4) is 0 Å². The summed E-state index contributed by atoms with van der Waals surface area (Å²) in [4.78, 5) is 32.6. The highest BCUT2D eigenvalue weighted by Crippen LogP contribution is 2.15. The lowest BCUT2D eigenvalue weighted by atomic mass is 10.2. The monoisotopic (exact) mass is 265 g/mol. The minimum atomic E-state index is -0.337. The zero-order valence-electron chi connectivity index (χ0n) is 11.2. The van der Waals surface area contributed by atoms with Crippen molar-refractivity contribution in [2.45, 2.75) is 25.9 Å². The number of aromatic nitrogens is 2. The van der Waals surface area contributed by atoms with E-state index < -0.39 is 0 Å². The van der Waals surface area contributed by atoms with E-state index in [2.05, 4.69) is 20.6 Å². The van der Waals surface area contributed by atoms with E-state index in [0.29, 0.717) is 6.54 Å². The van der Waals surface area contributed by atoms with Crippen LogP contribution in [0.25, 0.3) is 0 Å². The van der Waals surface area contributed by atoms with Crippen LogP contribution in [0.1, 0.15) is 40.7 Å². The van der Waals surface area contributed by atoms with Gasteiger partial charge in [0, 0.05) is 13.6 Å². The average molecular weight is 265 g/mol. The summed E-state index contributed by atoms with van der Waals surface area (Å²) in [6.07, 6.45) is 3.39. The van der Waals surface area contributed by atoms with Crippen LogP contribution in [0.5, 0.6) is 0 Å². The number of aromatic amines is 1. The predicted molar refractivity (Wildman–Crippen MR) is 69.7 cm³/mol. The molecule has 104 valence electrons. The van der Waals surface area contributed by atoms with Gasteiger partial charge < -0.3 is 15.2 Å². The molecule has 1 aromatic heterocycles. The Labute approximate surface area is 111 Å². The number of nitrogens with one attached hydrogen (secondary N) is 3. The Morgan fingerprint density at radius 3 is 2.95 bits per heavy atom. The molecule has 1 atom stereocenters. The van der Waals surface area contributed by atoms with Gasteiger partial charge in [-0.15, -0.1) is 0 Å². The molecule has 19 heavy (non-hydrogen) atoms. The second-order valence-corrected chi connectivity index (χ2v) is 4.41. The Morgan fingerprint density at radius 2 is 2.37 bits per heavy atom. The van der Waals surface area contributed by atoms with Crippen molar-refractivity contribution in [2.75, 3.05) is 20.1 Å². The standard InChI is InChI=1S/C12H19N5O2/c1-3-17(8-5-4-6-14-8)12(19)10-9(11(18)13-2)15-7-16-10/h7-8,14H,3-6H2,1-2H3,(H,13,18)(H,15,16). The third kappa shape index (κ3) is 2.60. The second kappa shape index (κ2) is 5.83. The molecule has 1 aliphatic rings. The summed E-state index contributed by atoms with van der Waals surface area (Å²) in [6, 6.07) is 0. The summed E-state index contributed by atoms with van der Waals surface area (Å²) < 4.78 is 0. The van der Waals surface area contributed by atoms with Gasteiger partial charge in [-0.25, -0.2) is 4.98 Å². The Morgan fingerprint density at radius 1 is 1.58 bits per heavy atom. The van der Waals surface area contributed by atoms with E-state index in [1.54, 1.807) is 4.90 Å². The molecule has 0 spiro atoms. The van der Waals surface area contributed by atoms with Crippen molar-refractivity contribution in [1.29, 1.82) is 0 Å². The predicted octanol–water partition coefficient (Wildman–Crippen LogP) is -0.0591. The number of hydrogen-bond acceptors (Lipinski definition) is 4. The minimum Gasteiger partial charge on any atom is -0.354 e. The molecule has 2 rings (SSSR count). The molecule has 0 bridgehead atoms. The molecule has 3 N–H and O–H groups in total. The van der Waals surface area contributed by atoms with Crippen molar-refractivity contribution >= 4 is 11.8 Å². The normalized spacial score (nSPS) is 18.3. The van der Waals surface area contributed by atoms with Gasteiger partial charge >= 0.3 is 0 Å². The molecule has 0 radical (unpaired) electrons. The van der Waals surface area contributed by atoms with E-state index >= 15 is 0 Å². The molecule has 1 aliphatic heterocycles. The molecular weight excluding hydrogens is 246 g/mol. The Balaban J connectivity index is 2.22. The highest BCUT2D eigenvalue weighted by atomic mass is 16.2. The van der Waals surface area contributed by atoms with E-state index in [4.69, 9.17) is 0 Å². The van der Waals surface area contributed by atoms with E-state index in [1.165, 1.54) is 13.4 Å². The molecule has 7 nitrogen and oxygen atoms in total. The van der Waals surface area contributed by atoms with Crippen LogP contribution in [0.3, 0.4) is 0 Å². The van der Waals surface area contributed by atoms with Crippen LogP contribution in [0, 0.1) is 0 Å². The first-order valence-corrected chi connectivity index (χ1v) is 6.48. The van der Waals surface area contributed by atoms with Gasteiger partial charge in [0.15, 0.2) is 5.69 Å². The smallest absolute Gasteiger partial charge is 0.276 e. The van der Waals surface area contributed by atoms with E-state index in [-0.39, 0.29) is 29.4 Å². The zero-order valence-corrected chi connectivity index (χ0v) is 11.2. The molecule has 0 aliphatic carbocycles. The third-order valence-electron chi connectivity index (χ3n) is 3.31. The van der Waals surface area contributed by atoms with Gasteiger partial charge in [0.2, 0.25) is 0 Å². The fraction of sp³-hybridized carbons (Fsp3) is 0.583. The molecule has 7 heteroatoms. The van der Waals surface area contributed by atoms with Crippen LogP contribution >= 0.6 is 0 Å². The number of hydrogen-bond donors (Lipinski definition) is 3. The highest BCUT2D eigenvalue weighted by molar-refractivity contribution is 6.04. The van der Waals surface area contributed by atoms with Crippen molar-refractivity contribution in [3.63, 3.8) is 0 Å². The number of nitrogens with zero attached hydrogens (tertiary/aromatic N) is 2. The van der Waals surface area contributed by atoms with Crippen LogP contribution in [0.2, 0.25) is 0 Å². The SMILES string of the molecule is CCN(C(=O)c1nc[nH]c1C(=O)NC)C1CCCN1. The topological polar surface area (TPSA) is 90.1 Å². The van der Waals surface area contributed by atoms with E-state index in [0.717, 1.165) is 19.4 Å². The summed E-state index contributed by atoms with van der Waals surface area (Å²) in [6.45, 7) is 3.41. The number of rotatable bonds is 4. The van der Waals surface area contributed by atoms with Gasteiger partial charge in [-0.1, -0.05) is 0 Å². The van der Waals surface area contributed by atoms with Gasteiger partial charge in [0.1, 0.15) is 5.69 Å². The van der Waals surface area contributed by atoms with Gasteiger partial charge in [-0.05, 0) is 26.3 Å². The molecule has 2 heterocycles. The molecular formula is C12H19N5O2. The second-order valence-electron chi connectivity index (χ2n) is 4.41. The number of H-pyrrole nitrogens is 1. The summed E-state index contributed by atoms with van der Waals surface area (Å²) in [7, 11) is 1.52. The largest absolute Gasteiger partial charge is 0.354 e. The van der Waals surface area contributed by atoms with Crippen LogP contribution < -0.4 is 10.6 Å². The molecule has 2 amide bonds. The zero-order chi connectivity index (χ0) is 13.8. The summed E-state index contributed by atoms with van der Waals surface area (Å²) >= 11 is 0. The van der Waals surface area contributed by atoms with Crippen LogP contribution in [0.4, 0.5) is 0 Å². The minimum absolute atomic E-state index is 0.0340. The third-order valence-corrected chi connectivity index (χ3v) is 3.31. The number of imidazole rings is 1. The molecule has 1 aromatic rings. The van der Waals surface area contributed by atoms with Crippen LogP contribution in [-0.4, -0.2) is 53.0 Å². The van der Waals surface area contributed by atoms with Gasteiger partial charge in [0.25, 0.3) is 11.8 Å². The lowest BCUT2D eigenvalue weighted by molar-refractivity contribution is 0.0663. The summed E-state index contributed by atoms with van der Waals surface area (Å²) in [5.41, 5.74) is 0.388. The lowest BCUT2D eigenvalue weighted by Gasteiger charge is -2.27. The number of carbonyl (C=O) groups is 2. The first-order chi connectivity index (χ1) is 9.19. The van der Waals surface area contributed by atoms with Crippen molar-refractivity contribution in [3.05, 3.63) is 17.7 Å². The van der Waals surface area contributed by atoms with Crippen molar-refractivity contribution < 1.29 is 9.59 Å². The first kappa shape index (κ1) is 13.5. The van der Waals surface area contributed by atoms with Gasteiger partial charge in [-0.2, -0.15) is 0 Å². The number of amides is 2. The van der Waals surface area contributed by atoms with Crippen molar-refractivity contribution in [1.82, 2.24) is 25.5 Å². The maximum Gasteiger partial charge on any atom is 0.276 e. The maximum absolute atomic E-state index is 12.5. The molecule has 1 saturated heterocycles. The number of carbonyl (C=O) groups excluding carboxylic acids is 2. The fourth-order valence-electron chi connectivity index (χ4n) is 2.33. The summed E-state index contributed by atoms with van der Waals surface area (Å²) in [5, 5.41) is 5.77. The quantitative estimate of drug-likeness (QED) is 0.711. The van der Waals surface area contributed by atoms with Crippen molar-refractivity contribution in [2.24, 2.45) is 0 Å². The van der Waals surface area contributed by atoms with Crippen LogP contribution in [-0.2, 0) is 0 Å². The Bertz CT molecular complexity index is 464. The maximum atomic E-state index is 12.5. The molecule has 0 aromatic carbocycles. The average Bonchev–Trinajstić information content (AvgIpc) is 3.09. The molecule has 1 unspecified atom stereocenters. The lowest BCUT2D eigenvalue weighted by Crippen LogP contribution is -2.46. The first-order valence-electron chi connectivity index (χ1n) is 6.48.